The van der Waals surface area contributed by atoms with Crippen LogP contribution in [0.5, 0.6) is 0 Å². The van der Waals surface area contributed by atoms with Crippen LogP contribution in [0.2, 0.25) is 0 Å². The number of hydrogen-bond acceptors (Lipinski definition) is 0. The molecule has 9 heavy (non-hydrogen) atoms. The Kier molecular flexibility index (Phi) is 9.28. The molecule has 0 aliphatic heterocycles. The summed E-state index contributed by atoms with van der Waals surface area (Å²) in [5.41, 5.74) is 2.85. The van der Waals surface area contributed by atoms with Crippen LogP contribution < -0.4 is 17.0 Å². The van der Waals surface area contributed by atoms with Crippen LogP contribution in [-0.4, -0.2) is 0 Å². The molecule has 0 heterocycles. The van der Waals surface area contributed by atoms with Crippen molar-refractivity contribution in [3.63, 3.8) is 0 Å². The molecule has 1 rings (SSSR count). The second kappa shape index (κ2) is 6.77. The van der Waals surface area contributed by atoms with Crippen molar-refractivity contribution in [3.05, 3.63) is 35.4 Å². The first kappa shape index (κ1) is 12.3. The van der Waals surface area contributed by atoms with Crippen molar-refractivity contribution in [1.82, 2.24) is 0 Å². The van der Waals surface area contributed by atoms with Gasteiger partial charge in [-0.2, -0.15) is 0 Å². The zero-order chi connectivity index (χ0) is 5.11. The average Bonchev–Trinajstić information content (AvgIpc) is 1.69. The van der Waals surface area contributed by atoms with Gasteiger partial charge in [0.25, 0.3) is 0 Å². The van der Waals surface area contributed by atoms with E-state index in [1.54, 1.807) is 24.6 Å². The van der Waals surface area contributed by atoms with E-state index < -0.39 is 0 Å². The third-order valence-corrected chi connectivity index (χ3v) is 0.930. The summed E-state index contributed by atoms with van der Waals surface area (Å²) in [5.74, 6) is 0. The largest absolute Gasteiger partial charge is 1.00 e. The molecular weight excluding hydrogens is 253 g/mol. The minimum atomic E-state index is 0. The van der Waals surface area contributed by atoms with Crippen LogP contribution >= 0.6 is 11.6 Å². The summed E-state index contributed by atoms with van der Waals surface area (Å²) < 4.78 is 0. The molecule has 0 amide bonds. The summed E-state index contributed by atoms with van der Waals surface area (Å²) in [4.78, 5) is 0. The van der Waals surface area contributed by atoms with Crippen molar-refractivity contribution < 1.29 is 36.5 Å². The van der Waals surface area contributed by atoms with E-state index in [1.165, 1.54) is 0 Å². The Labute approximate surface area is 83.2 Å². The maximum absolute atomic E-state index is 5.52. The molecular formula is C6H4BrClZn-. The predicted octanol–water partition coefficient (Wildman–Crippen LogP) is -0.960. The van der Waals surface area contributed by atoms with E-state index in [0.717, 1.165) is 5.03 Å². The molecule has 0 aromatic heterocycles. The Balaban J connectivity index is 0. The molecule has 45 valence electrons. The monoisotopic (exact) mass is 254 g/mol. The second-order valence-electron chi connectivity index (χ2n) is 1.22. The predicted molar refractivity (Wildman–Crippen MR) is 30.9 cm³/mol. The molecule has 3 heteroatoms. The van der Waals surface area contributed by atoms with E-state index in [-0.39, 0.29) is 36.5 Å². The molecule has 1 aliphatic rings. The number of rotatable bonds is 0. The van der Waals surface area contributed by atoms with Gasteiger partial charge in [-0.25, -0.2) is 0 Å². The molecule has 0 saturated heterocycles. The Hall–Kier alpha value is 0.653. The molecule has 0 saturated carbocycles. The first-order chi connectivity index (χ1) is 3.39. The van der Waals surface area contributed by atoms with Crippen LogP contribution in [0.15, 0.2) is 29.0 Å². The molecule has 1 aliphatic carbocycles. The van der Waals surface area contributed by atoms with Gasteiger partial charge in [0.05, 0.1) is 0 Å². The van der Waals surface area contributed by atoms with Crippen molar-refractivity contribution in [3.8, 4) is 0 Å². The number of allylic oxidation sites excluding steroid dienone is 3. The van der Waals surface area contributed by atoms with Gasteiger partial charge in [-0.3, -0.25) is 0 Å². The van der Waals surface area contributed by atoms with E-state index in [4.69, 9.17) is 11.6 Å². The first-order valence-corrected chi connectivity index (χ1v) is 2.39. The third-order valence-electron chi connectivity index (χ3n) is 0.678. The zero-order valence-electron chi connectivity index (χ0n) is 4.77. The number of halogens is 2. The van der Waals surface area contributed by atoms with Crippen molar-refractivity contribution >= 4 is 11.6 Å². The Morgan fingerprint density at radius 3 is 2.22 bits per heavy atom. The van der Waals surface area contributed by atoms with Crippen LogP contribution in [0, 0.1) is 6.42 Å². The topological polar surface area (TPSA) is 0 Å². The summed E-state index contributed by atoms with van der Waals surface area (Å²) in [6, 6.07) is 0. The molecule has 0 unspecified atom stereocenters. The van der Waals surface area contributed by atoms with Crippen LogP contribution in [0.4, 0.5) is 0 Å². The molecule has 0 N–H and O–H groups in total. The molecule has 0 aromatic rings. The minimum Gasteiger partial charge on any atom is -1.00 e. The SMILES string of the molecule is ClC1=CC=C=C[CH]1.[Br-].[Zn]. The maximum atomic E-state index is 5.52. The normalized spacial score (nSPS) is 13.2. The van der Waals surface area contributed by atoms with Crippen LogP contribution in [-0.2, 0) is 19.5 Å². The van der Waals surface area contributed by atoms with Gasteiger partial charge < -0.3 is 17.0 Å². The summed E-state index contributed by atoms with van der Waals surface area (Å²) in [6.45, 7) is 0. The summed E-state index contributed by atoms with van der Waals surface area (Å²) in [6.07, 6.45) is 7.15. The molecule has 0 nitrogen and oxygen atoms in total. The third kappa shape index (κ3) is 5.12. The smallest absolute Gasteiger partial charge is 0.0320 e. The minimum absolute atomic E-state index is 0. The molecule has 0 fully saturated rings. The Morgan fingerprint density at radius 2 is 2.00 bits per heavy atom. The van der Waals surface area contributed by atoms with Gasteiger partial charge in [0, 0.05) is 30.9 Å². The number of hydrogen-bond donors (Lipinski definition) is 0. The van der Waals surface area contributed by atoms with Crippen LogP contribution in [0.25, 0.3) is 0 Å². The van der Waals surface area contributed by atoms with E-state index in [9.17, 15) is 0 Å². The zero-order valence-corrected chi connectivity index (χ0v) is 10.1. The second-order valence-corrected chi connectivity index (χ2v) is 1.65. The molecule has 0 atom stereocenters. The van der Waals surface area contributed by atoms with E-state index >= 15 is 0 Å². The Morgan fingerprint density at radius 1 is 1.33 bits per heavy atom. The summed E-state index contributed by atoms with van der Waals surface area (Å²) >= 11 is 5.52. The fourth-order valence-corrected chi connectivity index (χ4v) is 0.493. The van der Waals surface area contributed by atoms with Gasteiger partial charge >= 0.3 is 0 Å². The van der Waals surface area contributed by atoms with Crippen molar-refractivity contribution in [2.75, 3.05) is 0 Å². The standard InChI is InChI=1S/C6H4Cl.BrH.Zn/c7-6-4-2-1-3-5-6;;/h2-5H;1H;/p-1. The van der Waals surface area contributed by atoms with E-state index in [1.807, 2.05) is 0 Å². The first-order valence-electron chi connectivity index (χ1n) is 2.01. The fourth-order valence-electron chi connectivity index (χ4n) is 0.367. The van der Waals surface area contributed by atoms with Crippen molar-refractivity contribution in [1.29, 1.82) is 0 Å². The van der Waals surface area contributed by atoms with Crippen molar-refractivity contribution in [2.24, 2.45) is 0 Å². The average molecular weight is 257 g/mol. The van der Waals surface area contributed by atoms with E-state index in [2.05, 4.69) is 5.73 Å². The summed E-state index contributed by atoms with van der Waals surface area (Å²) in [5, 5.41) is 0.763. The maximum Gasteiger partial charge on any atom is 0.0320 e. The van der Waals surface area contributed by atoms with Gasteiger partial charge in [-0.05, 0) is 18.2 Å². The molecule has 0 bridgehead atoms. The van der Waals surface area contributed by atoms with Gasteiger partial charge in [-0.15, -0.1) is 5.73 Å². The van der Waals surface area contributed by atoms with Gasteiger partial charge in [0.2, 0.25) is 0 Å². The van der Waals surface area contributed by atoms with E-state index in [0.29, 0.717) is 0 Å². The van der Waals surface area contributed by atoms with Crippen LogP contribution in [0.3, 0.4) is 0 Å². The van der Waals surface area contributed by atoms with Gasteiger partial charge in [0.1, 0.15) is 0 Å². The fraction of sp³-hybridized carbons (Fsp3) is 0. The molecule has 1 radical (unpaired) electrons. The van der Waals surface area contributed by atoms with Crippen LogP contribution in [0.1, 0.15) is 0 Å². The van der Waals surface area contributed by atoms with Gasteiger partial charge in [0.15, 0.2) is 0 Å². The van der Waals surface area contributed by atoms with Crippen molar-refractivity contribution in [2.45, 2.75) is 0 Å². The molecule has 0 spiro atoms. The molecule has 0 aromatic carbocycles. The summed E-state index contributed by atoms with van der Waals surface area (Å²) in [7, 11) is 0. The Bertz CT molecular complexity index is 156. The van der Waals surface area contributed by atoms with Gasteiger partial charge in [-0.1, -0.05) is 11.6 Å². The quantitative estimate of drug-likeness (QED) is 0.387.